The number of hydrogen-bond donors (Lipinski definition) is 2. The van der Waals surface area contributed by atoms with Crippen molar-refractivity contribution in [3.8, 4) is 0 Å². The highest BCUT2D eigenvalue weighted by Gasteiger charge is 2.51. The lowest BCUT2D eigenvalue weighted by atomic mass is 9.67. The number of carbonyl (C=O) groups is 2. The molecule has 0 radical (unpaired) electrons. The zero-order valence-electron chi connectivity index (χ0n) is 16.5. The minimum absolute atomic E-state index is 0. The fourth-order valence-electron chi connectivity index (χ4n) is 5.97. The number of rotatable bonds is 4. The largest absolute Gasteiger partial charge is 0.353 e. The fourth-order valence-corrected chi connectivity index (χ4v) is 5.97. The van der Waals surface area contributed by atoms with Crippen molar-refractivity contribution in [2.24, 2.45) is 17.3 Å². The van der Waals surface area contributed by atoms with Gasteiger partial charge in [0.05, 0.1) is 5.41 Å². The van der Waals surface area contributed by atoms with E-state index in [1.54, 1.807) is 0 Å². The van der Waals surface area contributed by atoms with Crippen LogP contribution in [-0.2, 0) is 9.59 Å². The molecule has 2 amide bonds. The molecule has 0 spiro atoms. The van der Waals surface area contributed by atoms with Gasteiger partial charge in [-0.3, -0.25) is 9.59 Å². The molecule has 0 unspecified atom stereocenters. The molecule has 4 aliphatic rings. The highest BCUT2D eigenvalue weighted by atomic mass is 35.5. The Hall–Kier alpha value is -0.810. The van der Waals surface area contributed by atoms with Crippen LogP contribution in [-0.4, -0.2) is 48.9 Å². The molecule has 2 heterocycles. The van der Waals surface area contributed by atoms with Crippen LogP contribution >= 0.6 is 12.4 Å². The van der Waals surface area contributed by atoms with Gasteiger partial charge in [-0.05, 0) is 56.9 Å². The van der Waals surface area contributed by atoms with Gasteiger partial charge in [0.15, 0.2) is 0 Å². The number of nitrogens with one attached hydrogen (secondary N) is 2. The van der Waals surface area contributed by atoms with E-state index in [0.717, 1.165) is 45.4 Å². The van der Waals surface area contributed by atoms with Crippen LogP contribution in [0.4, 0.5) is 0 Å². The number of fused-ring (bicyclic) bond motifs is 1. The van der Waals surface area contributed by atoms with Crippen LogP contribution < -0.4 is 10.6 Å². The van der Waals surface area contributed by atoms with Crippen LogP contribution in [0.2, 0.25) is 0 Å². The smallest absolute Gasteiger partial charge is 0.230 e. The lowest BCUT2D eigenvalue weighted by Gasteiger charge is -2.43. The van der Waals surface area contributed by atoms with E-state index in [0.29, 0.717) is 24.2 Å². The van der Waals surface area contributed by atoms with Crippen molar-refractivity contribution in [1.82, 2.24) is 15.5 Å². The molecule has 2 aliphatic heterocycles. The van der Waals surface area contributed by atoms with E-state index in [1.165, 1.54) is 44.9 Å². The Kier molecular flexibility index (Phi) is 7.07. The Balaban J connectivity index is 0.00000210. The highest BCUT2D eigenvalue weighted by Crippen LogP contribution is 2.45. The summed E-state index contributed by atoms with van der Waals surface area (Å²) in [5.41, 5.74) is -0.128. The second-order valence-electron chi connectivity index (χ2n) is 9.22. The first-order valence-electron chi connectivity index (χ1n) is 11.0. The van der Waals surface area contributed by atoms with Gasteiger partial charge in [0.2, 0.25) is 11.8 Å². The Morgan fingerprint density at radius 3 is 2.44 bits per heavy atom. The summed E-state index contributed by atoms with van der Waals surface area (Å²) in [7, 11) is 0. The summed E-state index contributed by atoms with van der Waals surface area (Å²) in [5, 5.41) is 6.73. The van der Waals surface area contributed by atoms with E-state index in [2.05, 4.69) is 15.5 Å². The summed E-state index contributed by atoms with van der Waals surface area (Å²) in [6, 6.07) is 0.259. The quantitative estimate of drug-likeness (QED) is 0.766. The average molecular weight is 398 g/mol. The SMILES string of the molecule is Cl.O=C(CC1CCCC1)NC1CCN(C(=O)[C@@]23CCCC[C@H]2CNC3)CC1. The predicted octanol–water partition coefficient (Wildman–Crippen LogP) is 2.88. The zero-order chi connectivity index (χ0) is 18.0. The molecule has 4 fully saturated rings. The molecule has 0 aromatic heterocycles. The molecular formula is C21H36ClN3O2. The third-order valence-electron chi connectivity index (χ3n) is 7.56. The normalized spacial score (nSPS) is 32.0. The van der Waals surface area contributed by atoms with Gasteiger partial charge in [-0.25, -0.2) is 0 Å². The number of nitrogens with zero attached hydrogens (tertiary/aromatic N) is 1. The van der Waals surface area contributed by atoms with Crippen molar-refractivity contribution in [3.05, 3.63) is 0 Å². The predicted molar refractivity (Wildman–Crippen MR) is 109 cm³/mol. The van der Waals surface area contributed by atoms with Gasteiger partial charge in [0.1, 0.15) is 0 Å². The van der Waals surface area contributed by atoms with Crippen LogP contribution in [0.1, 0.15) is 70.6 Å². The monoisotopic (exact) mass is 397 g/mol. The van der Waals surface area contributed by atoms with Gasteiger partial charge in [-0.2, -0.15) is 0 Å². The van der Waals surface area contributed by atoms with Crippen LogP contribution in [0.15, 0.2) is 0 Å². The van der Waals surface area contributed by atoms with E-state index in [9.17, 15) is 9.59 Å². The van der Waals surface area contributed by atoms with Crippen LogP contribution in [0.5, 0.6) is 0 Å². The summed E-state index contributed by atoms with van der Waals surface area (Å²) in [5.74, 6) is 1.76. The molecule has 0 aromatic carbocycles. The zero-order valence-corrected chi connectivity index (χ0v) is 17.3. The van der Waals surface area contributed by atoms with Crippen molar-refractivity contribution < 1.29 is 9.59 Å². The first kappa shape index (κ1) is 20.9. The van der Waals surface area contributed by atoms with Crippen molar-refractivity contribution in [2.75, 3.05) is 26.2 Å². The molecule has 2 saturated heterocycles. The van der Waals surface area contributed by atoms with Gasteiger partial charge >= 0.3 is 0 Å². The molecule has 2 saturated carbocycles. The number of likely N-dealkylation sites (tertiary alicyclic amines) is 1. The molecular weight excluding hydrogens is 362 g/mol. The first-order chi connectivity index (χ1) is 12.7. The van der Waals surface area contributed by atoms with E-state index >= 15 is 0 Å². The van der Waals surface area contributed by atoms with E-state index in [-0.39, 0.29) is 29.8 Å². The van der Waals surface area contributed by atoms with Crippen molar-refractivity contribution in [2.45, 2.75) is 76.7 Å². The van der Waals surface area contributed by atoms with E-state index in [1.807, 2.05) is 0 Å². The Labute approximate surface area is 169 Å². The third-order valence-corrected chi connectivity index (χ3v) is 7.56. The van der Waals surface area contributed by atoms with Crippen molar-refractivity contribution in [1.29, 1.82) is 0 Å². The summed E-state index contributed by atoms with van der Waals surface area (Å²) in [6.07, 6.45) is 12.3. The molecule has 5 nitrogen and oxygen atoms in total. The summed E-state index contributed by atoms with van der Waals surface area (Å²) in [6.45, 7) is 3.50. The number of carbonyl (C=O) groups excluding carboxylic acids is 2. The molecule has 2 aliphatic carbocycles. The number of hydrogen-bond acceptors (Lipinski definition) is 3. The highest BCUT2D eigenvalue weighted by molar-refractivity contribution is 5.85. The van der Waals surface area contributed by atoms with E-state index in [4.69, 9.17) is 0 Å². The Bertz CT molecular complexity index is 530. The molecule has 154 valence electrons. The molecule has 4 rings (SSSR count). The van der Waals surface area contributed by atoms with Gasteiger partial charge in [0, 0.05) is 32.1 Å². The molecule has 0 bridgehead atoms. The standard InChI is InChI=1S/C21H35N3O2.ClH/c25-19(13-16-5-1-2-6-16)23-18-8-11-24(12-9-18)20(26)21-10-4-3-7-17(21)14-22-15-21;/h16-18,22H,1-15H2,(H,23,25);1H/t17-,21+;/m0./s1. The van der Waals surface area contributed by atoms with Crippen molar-refractivity contribution >= 4 is 24.2 Å². The molecule has 27 heavy (non-hydrogen) atoms. The summed E-state index contributed by atoms with van der Waals surface area (Å²) < 4.78 is 0. The fraction of sp³-hybridized carbons (Fsp3) is 0.905. The van der Waals surface area contributed by atoms with Crippen LogP contribution in [0, 0.1) is 17.3 Å². The molecule has 6 heteroatoms. The minimum Gasteiger partial charge on any atom is -0.353 e. The average Bonchev–Trinajstić information content (AvgIpc) is 3.31. The van der Waals surface area contributed by atoms with Gasteiger partial charge < -0.3 is 15.5 Å². The topological polar surface area (TPSA) is 61.4 Å². The van der Waals surface area contributed by atoms with Gasteiger partial charge in [-0.15, -0.1) is 12.4 Å². The first-order valence-corrected chi connectivity index (χ1v) is 11.0. The second kappa shape index (κ2) is 9.13. The maximum atomic E-state index is 13.3. The Morgan fingerprint density at radius 1 is 1.00 bits per heavy atom. The lowest BCUT2D eigenvalue weighted by molar-refractivity contribution is -0.146. The lowest BCUT2D eigenvalue weighted by Crippen LogP contribution is -2.54. The molecule has 2 N–H and O–H groups in total. The molecule has 2 atom stereocenters. The maximum Gasteiger partial charge on any atom is 0.230 e. The third kappa shape index (κ3) is 4.45. The van der Waals surface area contributed by atoms with Crippen molar-refractivity contribution in [3.63, 3.8) is 0 Å². The Morgan fingerprint density at radius 2 is 1.70 bits per heavy atom. The maximum absolute atomic E-state index is 13.3. The van der Waals surface area contributed by atoms with Crippen LogP contribution in [0.25, 0.3) is 0 Å². The minimum atomic E-state index is -0.128. The summed E-state index contributed by atoms with van der Waals surface area (Å²) >= 11 is 0. The van der Waals surface area contributed by atoms with E-state index < -0.39 is 0 Å². The number of piperidine rings is 1. The number of amides is 2. The van der Waals surface area contributed by atoms with Crippen LogP contribution in [0.3, 0.4) is 0 Å². The molecule has 0 aromatic rings. The second-order valence-corrected chi connectivity index (χ2v) is 9.22. The summed E-state index contributed by atoms with van der Waals surface area (Å²) in [4.78, 5) is 27.7. The number of halogens is 1. The van der Waals surface area contributed by atoms with Gasteiger partial charge in [-0.1, -0.05) is 25.7 Å². The van der Waals surface area contributed by atoms with Gasteiger partial charge in [0.25, 0.3) is 0 Å².